The second-order valence-corrected chi connectivity index (χ2v) is 5.92. The van der Waals surface area contributed by atoms with E-state index in [2.05, 4.69) is 41.5 Å². The number of nitriles is 1. The lowest BCUT2D eigenvalue weighted by molar-refractivity contribution is 0.101. The first-order chi connectivity index (χ1) is 11.6. The van der Waals surface area contributed by atoms with E-state index < -0.39 is 0 Å². The van der Waals surface area contributed by atoms with Crippen LogP contribution in [0.3, 0.4) is 0 Å². The molecule has 0 radical (unpaired) electrons. The summed E-state index contributed by atoms with van der Waals surface area (Å²) in [5.74, 6) is -0.00496. The van der Waals surface area contributed by atoms with Crippen molar-refractivity contribution in [2.45, 2.75) is 20.3 Å². The Balaban J connectivity index is 1.76. The number of nitrogens with zero attached hydrogens (tertiary/aromatic N) is 1. The molecule has 0 fully saturated rings. The Bertz CT molecular complexity index is 947. The van der Waals surface area contributed by atoms with Gasteiger partial charge in [-0.15, -0.1) is 0 Å². The standard InChI is InChI=1S/C20H19N3O/c1-13-4-3-5-18-17(12-23-20(13)18)8-9-22-19-10-15(14(2)24)6-7-16(19)11-21/h3-7,10,12,22-23H,8-9H2,1-2H3. The van der Waals surface area contributed by atoms with Crippen LogP contribution in [-0.4, -0.2) is 17.3 Å². The van der Waals surface area contributed by atoms with E-state index >= 15 is 0 Å². The summed E-state index contributed by atoms with van der Waals surface area (Å²) in [6, 6.07) is 13.6. The average Bonchev–Trinajstić information content (AvgIpc) is 2.99. The van der Waals surface area contributed by atoms with Crippen LogP contribution in [0.2, 0.25) is 0 Å². The van der Waals surface area contributed by atoms with Crippen molar-refractivity contribution in [2.75, 3.05) is 11.9 Å². The summed E-state index contributed by atoms with van der Waals surface area (Å²) in [6.45, 7) is 4.31. The summed E-state index contributed by atoms with van der Waals surface area (Å²) in [7, 11) is 0. The van der Waals surface area contributed by atoms with E-state index in [-0.39, 0.29) is 5.78 Å². The predicted molar refractivity (Wildman–Crippen MR) is 96.4 cm³/mol. The Morgan fingerprint density at radius 2 is 2.12 bits per heavy atom. The normalized spacial score (nSPS) is 10.5. The first kappa shape index (κ1) is 15.8. The summed E-state index contributed by atoms with van der Waals surface area (Å²) >= 11 is 0. The highest BCUT2D eigenvalue weighted by molar-refractivity contribution is 5.95. The number of carbonyl (C=O) groups excluding carboxylic acids is 1. The molecule has 0 saturated heterocycles. The number of benzene rings is 2. The number of nitrogens with one attached hydrogen (secondary N) is 2. The molecule has 0 aliphatic heterocycles. The lowest BCUT2D eigenvalue weighted by Gasteiger charge is -2.09. The van der Waals surface area contributed by atoms with Crippen LogP contribution < -0.4 is 5.32 Å². The van der Waals surface area contributed by atoms with Crippen molar-refractivity contribution in [1.29, 1.82) is 5.26 Å². The fourth-order valence-corrected chi connectivity index (χ4v) is 2.91. The van der Waals surface area contributed by atoms with Crippen molar-refractivity contribution in [1.82, 2.24) is 4.98 Å². The molecule has 0 aliphatic carbocycles. The first-order valence-electron chi connectivity index (χ1n) is 7.94. The van der Waals surface area contributed by atoms with Crippen LogP contribution in [0.15, 0.2) is 42.6 Å². The van der Waals surface area contributed by atoms with Crippen LogP contribution in [0, 0.1) is 18.3 Å². The number of para-hydroxylation sites is 1. The highest BCUT2D eigenvalue weighted by Gasteiger charge is 2.08. The molecule has 3 rings (SSSR count). The van der Waals surface area contributed by atoms with Crippen molar-refractivity contribution < 1.29 is 4.79 Å². The molecule has 24 heavy (non-hydrogen) atoms. The van der Waals surface area contributed by atoms with Crippen LogP contribution in [0.25, 0.3) is 10.9 Å². The Morgan fingerprint density at radius 1 is 1.29 bits per heavy atom. The lowest BCUT2D eigenvalue weighted by atomic mass is 10.1. The van der Waals surface area contributed by atoms with E-state index in [0.717, 1.165) is 6.42 Å². The third-order valence-corrected chi connectivity index (χ3v) is 4.27. The smallest absolute Gasteiger partial charge is 0.159 e. The predicted octanol–water partition coefficient (Wildman–Crippen LogP) is 4.21. The zero-order valence-corrected chi connectivity index (χ0v) is 13.8. The van der Waals surface area contributed by atoms with Gasteiger partial charge < -0.3 is 10.3 Å². The monoisotopic (exact) mass is 317 g/mol. The first-order valence-corrected chi connectivity index (χ1v) is 7.94. The molecule has 0 aliphatic rings. The second kappa shape index (κ2) is 6.59. The van der Waals surface area contributed by atoms with Gasteiger partial charge in [-0.2, -0.15) is 5.26 Å². The molecule has 1 aromatic heterocycles. The molecule has 0 unspecified atom stereocenters. The molecule has 0 amide bonds. The Morgan fingerprint density at radius 3 is 2.88 bits per heavy atom. The SMILES string of the molecule is CC(=O)c1ccc(C#N)c(NCCc2c[nH]c3c(C)cccc23)c1. The minimum absolute atomic E-state index is 0.00496. The highest BCUT2D eigenvalue weighted by Crippen LogP contribution is 2.22. The largest absolute Gasteiger partial charge is 0.384 e. The van der Waals surface area contributed by atoms with Gasteiger partial charge in [0.15, 0.2) is 5.78 Å². The van der Waals surface area contributed by atoms with Gasteiger partial charge in [0, 0.05) is 29.2 Å². The Hall–Kier alpha value is -3.06. The molecule has 3 aromatic rings. The number of anilines is 1. The number of hydrogen-bond donors (Lipinski definition) is 2. The average molecular weight is 317 g/mol. The molecule has 1 heterocycles. The van der Waals surface area contributed by atoms with Crippen molar-refractivity contribution in [3.05, 3.63) is 64.8 Å². The molecule has 120 valence electrons. The van der Waals surface area contributed by atoms with Gasteiger partial charge in [0.1, 0.15) is 6.07 Å². The number of aromatic amines is 1. The van der Waals surface area contributed by atoms with Crippen LogP contribution >= 0.6 is 0 Å². The molecule has 0 atom stereocenters. The number of Topliss-reactive ketones (excluding diaryl/α,β-unsaturated/α-hetero) is 1. The lowest BCUT2D eigenvalue weighted by Crippen LogP contribution is -2.07. The zero-order valence-electron chi connectivity index (χ0n) is 13.8. The van der Waals surface area contributed by atoms with E-state index in [1.165, 1.54) is 29.0 Å². The minimum Gasteiger partial charge on any atom is -0.384 e. The summed E-state index contributed by atoms with van der Waals surface area (Å²) in [5.41, 5.74) is 5.51. The molecule has 0 saturated carbocycles. The number of ketones is 1. The van der Waals surface area contributed by atoms with Gasteiger partial charge in [0.25, 0.3) is 0 Å². The van der Waals surface area contributed by atoms with Crippen LogP contribution in [-0.2, 0) is 6.42 Å². The molecule has 4 heteroatoms. The second-order valence-electron chi connectivity index (χ2n) is 5.92. The van der Waals surface area contributed by atoms with Gasteiger partial charge in [-0.05, 0) is 49.6 Å². The van der Waals surface area contributed by atoms with Crippen LogP contribution in [0.1, 0.15) is 34.0 Å². The van der Waals surface area contributed by atoms with Crippen molar-refractivity contribution in [2.24, 2.45) is 0 Å². The number of aryl methyl sites for hydroxylation is 1. The van der Waals surface area contributed by atoms with Crippen molar-refractivity contribution in [3.8, 4) is 6.07 Å². The summed E-state index contributed by atoms with van der Waals surface area (Å²) in [4.78, 5) is 14.8. The van der Waals surface area contributed by atoms with E-state index in [4.69, 9.17) is 0 Å². The van der Waals surface area contributed by atoms with Gasteiger partial charge >= 0.3 is 0 Å². The van der Waals surface area contributed by atoms with Gasteiger partial charge in [0.05, 0.1) is 11.3 Å². The highest BCUT2D eigenvalue weighted by atomic mass is 16.1. The fourth-order valence-electron chi connectivity index (χ4n) is 2.91. The van der Waals surface area contributed by atoms with Gasteiger partial charge in [0.2, 0.25) is 0 Å². The number of hydrogen-bond acceptors (Lipinski definition) is 3. The van der Waals surface area contributed by atoms with E-state index in [1.807, 2.05) is 6.20 Å². The van der Waals surface area contributed by atoms with Crippen LogP contribution in [0.5, 0.6) is 0 Å². The fraction of sp³-hybridized carbons (Fsp3) is 0.200. The third-order valence-electron chi connectivity index (χ3n) is 4.27. The Labute approximate surface area is 141 Å². The molecule has 0 spiro atoms. The zero-order chi connectivity index (χ0) is 17.1. The number of carbonyl (C=O) groups is 1. The summed E-state index contributed by atoms with van der Waals surface area (Å²) < 4.78 is 0. The molecular formula is C20H19N3O. The minimum atomic E-state index is -0.00496. The molecule has 0 bridgehead atoms. The third kappa shape index (κ3) is 3.02. The molecule has 2 N–H and O–H groups in total. The molecule has 4 nitrogen and oxygen atoms in total. The molecule has 2 aromatic carbocycles. The summed E-state index contributed by atoms with van der Waals surface area (Å²) in [5, 5.41) is 13.7. The van der Waals surface area contributed by atoms with Gasteiger partial charge in [-0.3, -0.25) is 4.79 Å². The number of fused-ring (bicyclic) bond motifs is 1. The number of aromatic nitrogens is 1. The number of H-pyrrole nitrogens is 1. The van der Waals surface area contributed by atoms with Crippen molar-refractivity contribution >= 4 is 22.4 Å². The van der Waals surface area contributed by atoms with Crippen LogP contribution in [0.4, 0.5) is 5.69 Å². The maximum absolute atomic E-state index is 11.5. The van der Waals surface area contributed by atoms with Gasteiger partial charge in [-0.1, -0.05) is 18.2 Å². The van der Waals surface area contributed by atoms with E-state index in [0.29, 0.717) is 23.4 Å². The topological polar surface area (TPSA) is 68.7 Å². The number of rotatable bonds is 5. The van der Waals surface area contributed by atoms with Gasteiger partial charge in [-0.25, -0.2) is 0 Å². The quantitative estimate of drug-likeness (QED) is 0.693. The van der Waals surface area contributed by atoms with E-state index in [9.17, 15) is 10.1 Å². The maximum atomic E-state index is 11.5. The van der Waals surface area contributed by atoms with Crippen molar-refractivity contribution in [3.63, 3.8) is 0 Å². The molecular weight excluding hydrogens is 298 g/mol. The maximum Gasteiger partial charge on any atom is 0.159 e. The Kier molecular flexibility index (Phi) is 4.35. The van der Waals surface area contributed by atoms with E-state index in [1.54, 1.807) is 18.2 Å². The summed E-state index contributed by atoms with van der Waals surface area (Å²) in [6.07, 6.45) is 2.87.